The van der Waals surface area contributed by atoms with Crippen LogP contribution in [0, 0.1) is 0 Å². The Kier molecular flexibility index (Phi) is 5.94. The lowest BCUT2D eigenvalue weighted by Gasteiger charge is -2.10. The molecule has 3 aromatic rings. The molecule has 0 atom stereocenters. The quantitative estimate of drug-likeness (QED) is 0.613. The molecule has 2 aromatic heterocycles. The molecule has 3 rings (SSSR count). The molecule has 2 heterocycles. The summed E-state index contributed by atoms with van der Waals surface area (Å²) < 4.78 is 7.48. The Bertz CT molecular complexity index is 889. The van der Waals surface area contributed by atoms with E-state index < -0.39 is 0 Å². The SMILES string of the molecule is CC(C)(C)c1noc(CCCC(=O)NCCCn2ccc3ccccc32)n1. The molecule has 1 aromatic carbocycles. The van der Waals surface area contributed by atoms with Crippen molar-refractivity contribution in [3.8, 4) is 0 Å². The van der Waals surface area contributed by atoms with Crippen molar-refractivity contribution in [1.82, 2.24) is 20.0 Å². The lowest BCUT2D eigenvalue weighted by Crippen LogP contribution is -2.25. The molecule has 1 N–H and O–H groups in total. The van der Waals surface area contributed by atoms with Crippen LogP contribution >= 0.6 is 0 Å². The number of para-hydroxylation sites is 1. The molecule has 0 saturated carbocycles. The van der Waals surface area contributed by atoms with Crippen LogP contribution in [-0.2, 0) is 23.2 Å². The zero-order chi connectivity index (χ0) is 19.3. The molecule has 0 spiro atoms. The number of hydrogen-bond acceptors (Lipinski definition) is 4. The topological polar surface area (TPSA) is 73.0 Å². The Morgan fingerprint density at radius 1 is 1.19 bits per heavy atom. The third-order valence-corrected chi connectivity index (χ3v) is 4.51. The fraction of sp³-hybridized carbons (Fsp3) is 0.476. The maximum Gasteiger partial charge on any atom is 0.226 e. The van der Waals surface area contributed by atoms with Gasteiger partial charge in [-0.3, -0.25) is 4.79 Å². The summed E-state index contributed by atoms with van der Waals surface area (Å²) in [4.78, 5) is 16.4. The second-order valence-corrected chi connectivity index (χ2v) is 7.89. The highest BCUT2D eigenvalue weighted by atomic mass is 16.5. The van der Waals surface area contributed by atoms with Crippen LogP contribution in [0.4, 0.5) is 0 Å². The molecule has 27 heavy (non-hydrogen) atoms. The third kappa shape index (κ3) is 5.18. The second kappa shape index (κ2) is 8.37. The highest BCUT2D eigenvalue weighted by molar-refractivity contribution is 5.79. The summed E-state index contributed by atoms with van der Waals surface area (Å²) in [5.41, 5.74) is 1.11. The van der Waals surface area contributed by atoms with Crippen molar-refractivity contribution in [1.29, 1.82) is 0 Å². The zero-order valence-electron chi connectivity index (χ0n) is 16.4. The summed E-state index contributed by atoms with van der Waals surface area (Å²) in [5.74, 6) is 1.38. The van der Waals surface area contributed by atoms with E-state index in [2.05, 4.69) is 50.5 Å². The summed E-state index contributed by atoms with van der Waals surface area (Å²) >= 11 is 0. The first-order valence-electron chi connectivity index (χ1n) is 9.57. The second-order valence-electron chi connectivity index (χ2n) is 7.89. The van der Waals surface area contributed by atoms with Gasteiger partial charge in [-0.1, -0.05) is 44.1 Å². The van der Waals surface area contributed by atoms with E-state index in [4.69, 9.17) is 4.52 Å². The number of nitrogens with zero attached hydrogens (tertiary/aromatic N) is 3. The Morgan fingerprint density at radius 2 is 2.00 bits per heavy atom. The van der Waals surface area contributed by atoms with E-state index in [1.54, 1.807) is 0 Å². The van der Waals surface area contributed by atoms with E-state index >= 15 is 0 Å². The van der Waals surface area contributed by atoms with Gasteiger partial charge in [0.2, 0.25) is 11.8 Å². The van der Waals surface area contributed by atoms with E-state index in [1.807, 2.05) is 26.8 Å². The number of hydrogen-bond donors (Lipinski definition) is 1. The first-order valence-corrected chi connectivity index (χ1v) is 9.57. The average molecular weight is 368 g/mol. The molecular weight excluding hydrogens is 340 g/mol. The van der Waals surface area contributed by atoms with Gasteiger partial charge in [0, 0.05) is 43.1 Å². The van der Waals surface area contributed by atoms with E-state index in [1.165, 1.54) is 10.9 Å². The van der Waals surface area contributed by atoms with E-state index in [0.29, 0.717) is 37.5 Å². The molecule has 0 aliphatic rings. The van der Waals surface area contributed by atoms with Crippen LogP contribution in [0.25, 0.3) is 10.9 Å². The number of nitrogens with one attached hydrogen (secondary N) is 1. The number of carbonyl (C=O) groups excluding carboxylic acids is 1. The van der Waals surface area contributed by atoms with Crippen LogP contribution in [0.15, 0.2) is 41.1 Å². The molecule has 0 radical (unpaired) electrons. The minimum atomic E-state index is -0.121. The normalized spacial score (nSPS) is 11.8. The standard InChI is InChI=1S/C21H28N4O2/c1-21(2,3)20-23-19(27-24-20)11-6-10-18(26)22-13-7-14-25-15-12-16-8-4-5-9-17(16)25/h4-5,8-9,12,15H,6-7,10-11,13-14H2,1-3H3,(H,22,26). The molecule has 144 valence electrons. The number of rotatable bonds is 8. The van der Waals surface area contributed by atoms with E-state index in [0.717, 1.165) is 13.0 Å². The molecule has 0 unspecified atom stereocenters. The molecule has 0 saturated heterocycles. The Labute approximate surface area is 160 Å². The summed E-state index contributed by atoms with van der Waals surface area (Å²) in [7, 11) is 0. The lowest BCUT2D eigenvalue weighted by atomic mass is 9.96. The molecule has 6 heteroatoms. The van der Waals surface area contributed by atoms with Crippen molar-refractivity contribution >= 4 is 16.8 Å². The third-order valence-electron chi connectivity index (χ3n) is 4.51. The van der Waals surface area contributed by atoms with Crippen molar-refractivity contribution in [2.24, 2.45) is 0 Å². The van der Waals surface area contributed by atoms with Crippen molar-refractivity contribution in [2.45, 2.75) is 58.4 Å². The zero-order valence-corrected chi connectivity index (χ0v) is 16.4. The van der Waals surface area contributed by atoms with Crippen LogP contribution in [-0.4, -0.2) is 27.2 Å². The molecule has 0 aliphatic carbocycles. The van der Waals surface area contributed by atoms with Crippen LogP contribution < -0.4 is 5.32 Å². The minimum Gasteiger partial charge on any atom is -0.356 e. The molecule has 0 fully saturated rings. The maximum absolute atomic E-state index is 12.0. The van der Waals surface area contributed by atoms with E-state index in [-0.39, 0.29) is 11.3 Å². The number of amides is 1. The number of benzene rings is 1. The summed E-state index contributed by atoms with van der Waals surface area (Å²) in [6.45, 7) is 7.72. The van der Waals surface area contributed by atoms with Crippen LogP contribution in [0.3, 0.4) is 0 Å². The summed E-state index contributed by atoms with van der Waals surface area (Å²) in [6.07, 6.45) is 4.82. The molecule has 6 nitrogen and oxygen atoms in total. The fourth-order valence-electron chi connectivity index (χ4n) is 2.96. The van der Waals surface area contributed by atoms with Gasteiger partial charge < -0.3 is 14.4 Å². The van der Waals surface area contributed by atoms with Gasteiger partial charge in [-0.15, -0.1) is 0 Å². The number of carbonyl (C=O) groups is 1. The lowest BCUT2D eigenvalue weighted by molar-refractivity contribution is -0.121. The van der Waals surface area contributed by atoms with Crippen LogP contribution in [0.1, 0.15) is 51.7 Å². The molecule has 0 bridgehead atoms. The molecular formula is C21H28N4O2. The van der Waals surface area contributed by atoms with Crippen molar-refractivity contribution in [3.05, 3.63) is 48.2 Å². The van der Waals surface area contributed by atoms with Gasteiger partial charge in [-0.2, -0.15) is 4.98 Å². The fourth-order valence-corrected chi connectivity index (χ4v) is 2.96. The van der Waals surface area contributed by atoms with Crippen LogP contribution in [0.2, 0.25) is 0 Å². The van der Waals surface area contributed by atoms with Gasteiger partial charge in [-0.05, 0) is 30.4 Å². The highest BCUT2D eigenvalue weighted by Crippen LogP contribution is 2.19. The Morgan fingerprint density at radius 3 is 2.78 bits per heavy atom. The van der Waals surface area contributed by atoms with Gasteiger partial charge in [0.05, 0.1) is 0 Å². The van der Waals surface area contributed by atoms with Crippen molar-refractivity contribution in [2.75, 3.05) is 6.54 Å². The predicted molar refractivity (Wildman–Crippen MR) is 106 cm³/mol. The minimum absolute atomic E-state index is 0.0722. The maximum atomic E-state index is 12.0. The summed E-state index contributed by atoms with van der Waals surface area (Å²) in [5, 5.41) is 8.24. The molecule has 0 aliphatic heterocycles. The smallest absolute Gasteiger partial charge is 0.226 e. The largest absolute Gasteiger partial charge is 0.356 e. The number of aromatic nitrogens is 3. The van der Waals surface area contributed by atoms with Gasteiger partial charge in [0.25, 0.3) is 0 Å². The van der Waals surface area contributed by atoms with Gasteiger partial charge in [0.1, 0.15) is 0 Å². The molecule has 1 amide bonds. The first kappa shape index (κ1) is 19.1. The van der Waals surface area contributed by atoms with Crippen molar-refractivity contribution < 1.29 is 9.32 Å². The Hall–Kier alpha value is -2.63. The van der Waals surface area contributed by atoms with Gasteiger partial charge >= 0.3 is 0 Å². The van der Waals surface area contributed by atoms with Crippen molar-refractivity contribution in [3.63, 3.8) is 0 Å². The summed E-state index contributed by atoms with van der Waals surface area (Å²) in [6, 6.07) is 10.5. The number of aryl methyl sites for hydroxylation is 2. The highest BCUT2D eigenvalue weighted by Gasteiger charge is 2.20. The monoisotopic (exact) mass is 368 g/mol. The van der Waals surface area contributed by atoms with E-state index in [9.17, 15) is 4.79 Å². The average Bonchev–Trinajstić information content (AvgIpc) is 3.26. The van der Waals surface area contributed by atoms with Crippen LogP contribution in [0.5, 0.6) is 0 Å². The number of fused-ring (bicyclic) bond motifs is 1. The Balaban J connectivity index is 1.33. The predicted octanol–water partition coefficient (Wildman–Crippen LogP) is 3.85. The van der Waals surface area contributed by atoms with Gasteiger partial charge in [0.15, 0.2) is 5.82 Å². The first-order chi connectivity index (χ1) is 12.9. The van der Waals surface area contributed by atoms with Gasteiger partial charge in [-0.25, -0.2) is 0 Å².